The predicted molar refractivity (Wildman–Crippen MR) is 112 cm³/mol. The van der Waals surface area contributed by atoms with Crippen molar-refractivity contribution in [2.24, 2.45) is 5.92 Å². The van der Waals surface area contributed by atoms with E-state index >= 15 is 0 Å². The topological polar surface area (TPSA) is 79.0 Å². The molecule has 0 bridgehead atoms. The lowest BCUT2D eigenvalue weighted by atomic mass is 9.97. The molecule has 1 aliphatic rings. The van der Waals surface area contributed by atoms with E-state index in [9.17, 15) is 13.6 Å². The first-order valence-electron chi connectivity index (χ1n) is 9.76. The van der Waals surface area contributed by atoms with Gasteiger partial charge in [-0.05, 0) is 55.8 Å². The number of benzene rings is 2. The SMILES string of the molecule is COc1cc(/C=C/c2n[nH]c3cc(F)c(NC(=O)C4CCNCC4)cc23)ccc1F. The van der Waals surface area contributed by atoms with Crippen LogP contribution in [0.3, 0.4) is 0 Å². The minimum absolute atomic E-state index is 0.126. The van der Waals surface area contributed by atoms with Gasteiger partial charge in [-0.3, -0.25) is 9.89 Å². The van der Waals surface area contributed by atoms with Gasteiger partial charge in [0.15, 0.2) is 11.6 Å². The summed E-state index contributed by atoms with van der Waals surface area (Å²) in [5.41, 5.74) is 1.95. The number of anilines is 1. The van der Waals surface area contributed by atoms with Crippen molar-refractivity contribution in [2.75, 3.05) is 25.5 Å². The van der Waals surface area contributed by atoms with Gasteiger partial charge in [-0.2, -0.15) is 5.10 Å². The molecule has 0 spiro atoms. The van der Waals surface area contributed by atoms with Gasteiger partial charge in [0.1, 0.15) is 5.82 Å². The van der Waals surface area contributed by atoms with Crippen molar-refractivity contribution >= 4 is 34.6 Å². The third-order valence-electron chi connectivity index (χ3n) is 5.26. The Bertz CT molecular complexity index is 1100. The predicted octanol–water partition coefficient (Wildman–Crippen LogP) is 3.96. The number of H-pyrrole nitrogens is 1. The third kappa shape index (κ3) is 4.18. The second-order valence-electron chi connectivity index (χ2n) is 7.23. The molecule has 3 aromatic rings. The van der Waals surface area contributed by atoms with E-state index in [2.05, 4.69) is 20.8 Å². The van der Waals surface area contributed by atoms with Crippen molar-refractivity contribution in [1.29, 1.82) is 0 Å². The number of nitrogens with one attached hydrogen (secondary N) is 3. The molecular weight excluding hydrogens is 390 g/mol. The molecule has 8 heteroatoms. The molecule has 0 aliphatic carbocycles. The van der Waals surface area contributed by atoms with Gasteiger partial charge in [-0.1, -0.05) is 12.1 Å². The fourth-order valence-electron chi connectivity index (χ4n) is 3.56. The number of nitrogens with zero attached hydrogens (tertiary/aromatic N) is 1. The van der Waals surface area contributed by atoms with Crippen LogP contribution in [0.1, 0.15) is 24.1 Å². The first-order chi connectivity index (χ1) is 14.5. The van der Waals surface area contributed by atoms with E-state index < -0.39 is 11.6 Å². The standard InChI is InChI=1S/C22H22F2N4O2/c1-30-21-10-13(2-4-16(21)23)3-5-18-15-11-20(17(24)12-19(15)28-27-18)26-22(29)14-6-8-25-9-7-14/h2-5,10-12,14,25H,6-9H2,1H3,(H,26,29)(H,27,28)/b5-3+. The van der Waals surface area contributed by atoms with Crippen LogP contribution in [-0.2, 0) is 4.79 Å². The third-order valence-corrected chi connectivity index (χ3v) is 5.26. The molecule has 156 valence electrons. The lowest BCUT2D eigenvalue weighted by Gasteiger charge is -2.21. The Hall–Kier alpha value is -3.26. The zero-order valence-electron chi connectivity index (χ0n) is 16.5. The van der Waals surface area contributed by atoms with Crippen LogP contribution in [0.2, 0.25) is 0 Å². The quantitative estimate of drug-likeness (QED) is 0.593. The molecular formula is C22H22F2N4O2. The van der Waals surface area contributed by atoms with Crippen LogP contribution in [0.25, 0.3) is 23.1 Å². The molecule has 30 heavy (non-hydrogen) atoms. The monoisotopic (exact) mass is 412 g/mol. The maximum Gasteiger partial charge on any atom is 0.227 e. The minimum atomic E-state index is -0.521. The van der Waals surface area contributed by atoms with E-state index in [1.807, 2.05) is 0 Å². The van der Waals surface area contributed by atoms with Crippen LogP contribution in [0.15, 0.2) is 30.3 Å². The Morgan fingerprint density at radius 3 is 2.73 bits per heavy atom. The number of hydrogen-bond acceptors (Lipinski definition) is 4. The van der Waals surface area contributed by atoms with Gasteiger partial charge in [0.2, 0.25) is 5.91 Å². The molecule has 6 nitrogen and oxygen atoms in total. The zero-order chi connectivity index (χ0) is 21.1. The average molecular weight is 412 g/mol. The van der Waals surface area contributed by atoms with E-state index in [4.69, 9.17) is 4.74 Å². The van der Waals surface area contributed by atoms with Crippen molar-refractivity contribution in [3.8, 4) is 5.75 Å². The number of fused-ring (bicyclic) bond motifs is 1. The first kappa shape index (κ1) is 20.0. The number of amides is 1. The molecule has 1 amide bonds. The molecule has 1 fully saturated rings. The molecule has 1 saturated heterocycles. The van der Waals surface area contributed by atoms with Crippen LogP contribution in [-0.4, -0.2) is 36.3 Å². The molecule has 0 radical (unpaired) electrons. The number of hydrogen-bond donors (Lipinski definition) is 3. The highest BCUT2D eigenvalue weighted by atomic mass is 19.1. The van der Waals surface area contributed by atoms with Gasteiger partial charge >= 0.3 is 0 Å². The Labute approximate surface area is 172 Å². The summed E-state index contributed by atoms with van der Waals surface area (Å²) in [6.45, 7) is 1.56. The van der Waals surface area contributed by atoms with E-state index in [1.54, 1.807) is 30.4 Å². The lowest BCUT2D eigenvalue weighted by molar-refractivity contribution is -0.120. The highest BCUT2D eigenvalue weighted by Crippen LogP contribution is 2.27. The number of aromatic nitrogens is 2. The zero-order valence-corrected chi connectivity index (χ0v) is 16.5. The number of carbonyl (C=O) groups excluding carboxylic acids is 1. The molecule has 4 rings (SSSR count). The number of methoxy groups -OCH3 is 1. The Balaban J connectivity index is 1.59. The van der Waals surface area contributed by atoms with E-state index in [-0.39, 0.29) is 23.3 Å². The van der Waals surface area contributed by atoms with E-state index in [0.717, 1.165) is 31.5 Å². The van der Waals surface area contributed by atoms with Crippen LogP contribution >= 0.6 is 0 Å². The van der Waals surface area contributed by atoms with Gasteiger partial charge in [-0.15, -0.1) is 0 Å². The summed E-state index contributed by atoms with van der Waals surface area (Å²) in [5, 5.41) is 13.6. The number of halogens is 2. The molecule has 2 heterocycles. The Kier molecular flexibility index (Phi) is 5.76. The fraction of sp³-hybridized carbons (Fsp3) is 0.273. The second kappa shape index (κ2) is 8.62. The van der Waals surface area contributed by atoms with Crippen molar-refractivity contribution in [3.63, 3.8) is 0 Å². The normalized spacial score (nSPS) is 15.0. The number of rotatable bonds is 5. The number of piperidine rings is 1. The summed E-state index contributed by atoms with van der Waals surface area (Å²) >= 11 is 0. The molecule has 0 saturated carbocycles. The summed E-state index contributed by atoms with van der Waals surface area (Å²) in [6, 6.07) is 7.42. The highest BCUT2D eigenvalue weighted by molar-refractivity contribution is 5.97. The molecule has 0 atom stereocenters. The molecule has 0 unspecified atom stereocenters. The minimum Gasteiger partial charge on any atom is -0.494 e. The van der Waals surface area contributed by atoms with Gasteiger partial charge in [0, 0.05) is 17.4 Å². The molecule has 1 aromatic heterocycles. The van der Waals surface area contributed by atoms with Crippen LogP contribution in [0.4, 0.5) is 14.5 Å². The Morgan fingerprint density at radius 2 is 1.97 bits per heavy atom. The van der Waals surface area contributed by atoms with E-state index in [1.165, 1.54) is 19.2 Å². The first-order valence-corrected chi connectivity index (χ1v) is 9.76. The van der Waals surface area contributed by atoms with Crippen LogP contribution < -0.4 is 15.4 Å². The smallest absolute Gasteiger partial charge is 0.227 e. The summed E-state index contributed by atoms with van der Waals surface area (Å²) in [4.78, 5) is 12.5. The van der Waals surface area contributed by atoms with E-state index in [0.29, 0.717) is 16.6 Å². The summed E-state index contributed by atoms with van der Waals surface area (Å²) in [6.07, 6.45) is 4.96. The van der Waals surface area contributed by atoms with Gasteiger partial charge in [-0.25, -0.2) is 8.78 Å². The van der Waals surface area contributed by atoms with Crippen LogP contribution in [0, 0.1) is 17.6 Å². The lowest BCUT2D eigenvalue weighted by Crippen LogP contribution is -2.34. The second-order valence-corrected chi connectivity index (χ2v) is 7.23. The maximum absolute atomic E-state index is 14.5. The van der Waals surface area contributed by atoms with Gasteiger partial charge in [0.05, 0.1) is 24.0 Å². The van der Waals surface area contributed by atoms with Crippen molar-refractivity contribution < 1.29 is 18.3 Å². The molecule has 2 aromatic carbocycles. The largest absolute Gasteiger partial charge is 0.494 e. The number of aromatic amines is 1. The Morgan fingerprint density at radius 1 is 1.17 bits per heavy atom. The number of ether oxygens (including phenoxy) is 1. The van der Waals surface area contributed by atoms with Gasteiger partial charge < -0.3 is 15.4 Å². The highest BCUT2D eigenvalue weighted by Gasteiger charge is 2.22. The maximum atomic E-state index is 14.5. The van der Waals surface area contributed by atoms with Crippen molar-refractivity contribution in [1.82, 2.24) is 15.5 Å². The van der Waals surface area contributed by atoms with Crippen LogP contribution in [0.5, 0.6) is 5.75 Å². The fourth-order valence-corrected chi connectivity index (χ4v) is 3.56. The number of carbonyl (C=O) groups is 1. The average Bonchev–Trinajstić information content (AvgIpc) is 3.15. The van der Waals surface area contributed by atoms with Crippen molar-refractivity contribution in [2.45, 2.75) is 12.8 Å². The van der Waals surface area contributed by atoms with Gasteiger partial charge in [0.25, 0.3) is 0 Å². The summed E-state index contributed by atoms with van der Waals surface area (Å²) in [5.74, 6) is -1.11. The molecule has 1 aliphatic heterocycles. The summed E-state index contributed by atoms with van der Waals surface area (Å²) < 4.78 is 33.1. The summed E-state index contributed by atoms with van der Waals surface area (Å²) in [7, 11) is 1.40. The molecule has 3 N–H and O–H groups in total. The van der Waals surface area contributed by atoms with Crippen molar-refractivity contribution in [3.05, 3.63) is 53.2 Å².